The van der Waals surface area contributed by atoms with Crippen molar-refractivity contribution in [2.45, 2.75) is 30.3 Å². The number of rotatable bonds is 6. The summed E-state index contributed by atoms with van der Waals surface area (Å²) in [5, 5.41) is 2.98. The van der Waals surface area contributed by atoms with Gasteiger partial charge in [-0.3, -0.25) is 4.79 Å². The van der Waals surface area contributed by atoms with Gasteiger partial charge in [-0.05, 0) is 36.4 Å². The maximum Gasteiger partial charge on any atom is 0.224 e. The molecule has 1 amide bonds. The van der Waals surface area contributed by atoms with Gasteiger partial charge in [0.25, 0.3) is 0 Å². The molecule has 0 bridgehead atoms. The number of carbonyl (C=O) groups is 1. The van der Waals surface area contributed by atoms with Crippen LogP contribution >= 0.6 is 0 Å². The number of benzene rings is 2. The predicted molar refractivity (Wildman–Crippen MR) is 122 cm³/mol. The predicted octanol–water partition coefficient (Wildman–Crippen LogP) is 3.24. The Balaban J connectivity index is 1.57. The zero-order valence-corrected chi connectivity index (χ0v) is 18.1. The highest BCUT2D eigenvalue weighted by molar-refractivity contribution is 7.98. The van der Waals surface area contributed by atoms with Gasteiger partial charge in [-0.1, -0.05) is 48.5 Å². The molecule has 7 heteroatoms. The van der Waals surface area contributed by atoms with Gasteiger partial charge in [0.2, 0.25) is 5.91 Å². The van der Waals surface area contributed by atoms with E-state index in [9.17, 15) is 9.00 Å². The monoisotopic (exact) mass is 434 g/mol. The molecule has 3 atom stereocenters. The molecule has 0 spiro atoms. The van der Waals surface area contributed by atoms with Crippen molar-refractivity contribution in [2.75, 3.05) is 6.54 Å². The number of amides is 1. The van der Waals surface area contributed by atoms with Crippen molar-refractivity contribution in [1.29, 1.82) is 0 Å². The Bertz CT molecular complexity index is 1110. The number of nitrogens with one attached hydrogen (secondary N) is 1. The van der Waals surface area contributed by atoms with Gasteiger partial charge < -0.3 is 5.32 Å². The molecule has 0 saturated carbocycles. The fraction of sp³-hybridized carbons (Fsp3) is 0.250. The van der Waals surface area contributed by atoms with Crippen LogP contribution in [0.15, 0.2) is 84.3 Å². The van der Waals surface area contributed by atoms with Gasteiger partial charge in [0.05, 0.1) is 15.6 Å². The lowest BCUT2D eigenvalue weighted by atomic mass is 9.90. The van der Waals surface area contributed by atoms with Crippen LogP contribution in [0.3, 0.4) is 0 Å². The highest BCUT2D eigenvalue weighted by atomic mass is 32.2. The highest BCUT2D eigenvalue weighted by Crippen LogP contribution is 2.37. The summed E-state index contributed by atoms with van der Waals surface area (Å²) in [6, 6.07) is 19.3. The van der Waals surface area contributed by atoms with Crippen molar-refractivity contribution in [3.63, 3.8) is 0 Å². The number of aromatic nitrogens is 2. The van der Waals surface area contributed by atoms with Crippen molar-refractivity contribution in [3.8, 4) is 0 Å². The van der Waals surface area contributed by atoms with Gasteiger partial charge in [0.1, 0.15) is 6.33 Å². The Morgan fingerprint density at radius 2 is 1.68 bits per heavy atom. The molecule has 1 aliphatic rings. The summed E-state index contributed by atoms with van der Waals surface area (Å²) < 4.78 is 15.9. The Hall–Kier alpha value is -3.03. The highest BCUT2D eigenvalue weighted by Gasteiger charge is 2.37. The maximum atomic E-state index is 13.9. The molecule has 6 nitrogen and oxygen atoms in total. The SMILES string of the molecule is C=S(=O)(c1ccccc1)N1CC(C(=O)NCc2cncnc2)CCC1c1ccccc1. The summed E-state index contributed by atoms with van der Waals surface area (Å²) in [4.78, 5) is 21.6. The molecule has 2 aromatic carbocycles. The standard InChI is InChI=1S/C24H26N4O2S/c1-31(30,22-10-6-3-7-11-22)28-17-21(12-13-23(28)20-8-4-2-5-9-20)24(29)27-16-19-14-25-18-26-15-19/h2-11,14-15,18,21,23H,1,12-13,16-17H2,(H,27,29). The number of nitrogens with zero attached hydrogens (tertiary/aromatic N) is 3. The van der Waals surface area contributed by atoms with E-state index in [2.05, 4.69) is 21.2 Å². The molecule has 1 aliphatic heterocycles. The van der Waals surface area contributed by atoms with E-state index >= 15 is 0 Å². The van der Waals surface area contributed by atoms with Gasteiger partial charge in [-0.15, -0.1) is 0 Å². The van der Waals surface area contributed by atoms with Crippen LogP contribution in [0.25, 0.3) is 0 Å². The van der Waals surface area contributed by atoms with Crippen LogP contribution in [0.2, 0.25) is 0 Å². The van der Waals surface area contributed by atoms with E-state index in [0.717, 1.165) is 24.0 Å². The van der Waals surface area contributed by atoms with E-state index in [1.54, 1.807) is 12.4 Å². The third-order valence-corrected chi connectivity index (χ3v) is 7.83. The van der Waals surface area contributed by atoms with Crippen LogP contribution in [-0.2, 0) is 21.0 Å². The van der Waals surface area contributed by atoms with Gasteiger partial charge in [-0.2, -0.15) is 0 Å². The first kappa shape index (κ1) is 21.2. The van der Waals surface area contributed by atoms with Gasteiger partial charge >= 0.3 is 0 Å². The molecule has 4 rings (SSSR count). The molecule has 1 fully saturated rings. The fourth-order valence-electron chi connectivity index (χ4n) is 4.01. The Labute approximate surface area is 183 Å². The van der Waals surface area contributed by atoms with Crippen LogP contribution in [0.5, 0.6) is 0 Å². The smallest absolute Gasteiger partial charge is 0.224 e. The van der Waals surface area contributed by atoms with E-state index < -0.39 is 9.71 Å². The Kier molecular flexibility index (Phi) is 6.44. The summed E-state index contributed by atoms with van der Waals surface area (Å²) in [6.07, 6.45) is 6.28. The molecule has 160 valence electrons. The van der Waals surface area contributed by atoms with Gasteiger partial charge in [-0.25, -0.2) is 18.5 Å². The van der Waals surface area contributed by atoms with E-state index in [1.165, 1.54) is 6.33 Å². The van der Waals surface area contributed by atoms with Crippen molar-refractivity contribution in [1.82, 2.24) is 19.6 Å². The van der Waals surface area contributed by atoms with E-state index in [4.69, 9.17) is 0 Å². The van der Waals surface area contributed by atoms with Crippen LogP contribution in [-0.4, -0.2) is 36.8 Å². The van der Waals surface area contributed by atoms with E-state index in [0.29, 0.717) is 18.0 Å². The summed E-state index contributed by atoms with van der Waals surface area (Å²) in [5.41, 5.74) is 1.94. The second-order valence-electron chi connectivity index (χ2n) is 7.72. The van der Waals surface area contributed by atoms with Gasteiger partial charge in [0, 0.05) is 42.0 Å². The first-order valence-electron chi connectivity index (χ1n) is 10.3. The number of hydrogen-bond acceptors (Lipinski definition) is 4. The largest absolute Gasteiger partial charge is 0.352 e. The molecule has 3 aromatic rings. The van der Waals surface area contributed by atoms with Crippen molar-refractivity contribution in [3.05, 3.63) is 90.5 Å². The van der Waals surface area contributed by atoms with Crippen molar-refractivity contribution in [2.24, 2.45) is 5.92 Å². The number of hydrogen-bond donors (Lipinski definition) is 1. The minimum atomic E-state index is -2.76. The average molecular weight is 435 g/mol. The summed E-state index contributed by atoms with van der Waals surface area (Å²) in [7, 11) is -2.76. The minimum Gasteiger partial charge on any atom is -0.352 e. The van der Waals surface area contributed by atoms with E-state index in [-0.39, 0.29) is 17.9 Å². The fourth-order valence-corrected chi connectivity index (χ4v) is 5.92. The molecular weight excluding hydrogens is 408 g/mol. The molecule has 31 heavy (non-hydrogen) atoms. The van der Waals surface area contributed by atoms with Crippen molar-refractivity contribution < 1.29 is 9.00 Å². The first-order chi connectivity index (χ1) is 15.1. The lowest BCUT2D eigenvalue weighted by Gasteiger charge is -2.41. The topological polar surface area (TPSA) is 75.2 Å². The zero-order valence-electron chi connectivity index (χ0n) is 17.3. The van der Waals surface area contributed by atoms with E-state index in [1.807, 2.05) is 65.0 Å². The molecular formula is C24H26N4O2S. The number of piperidine rings is 1. The molecule has 1 aromatic heterocycles. The molecule has 3 unspecified atom stereocenters. The quantitative estimate of drug-likeness (QED) is 0.605. The lowest BCUT2D eigenvalue weighted by Crippen LogP contribution is -2.46. The van der Waals surface area contributed by atoms with Crippen LogP contribution in [0.4, 0.5) is 0 Å². The molecule has 0 radical (unpaired) electrons. The molecule has 0 aliphatic carbocycles. The Morgan fingerprint density at radius 3 is 2.35 bits per heavy atom. The summed E-state index contributed by atoms with van der Waals surface area (Å²) in [6.45, 7) is 0.755. The molecule has 1 saturated heterocycles. The molecule has 2 heterocycles. The second kappa shape index (κ2) is 9.41. The zero-order chi connectivity index (χ0) is 21.7. The van der Waals surface area contributed by atoms with Crippen LogP contribution in [0.1, 0.15) is 30.0 Å². The van der Waals surface area contributed by atoms with Crippen LogP contribution in [0, 0.1) is 5.92 Å². The number of carbonyl (C=O) groups excluding carboxylic acids is 1. The Morgan fingerprint density at radius 1 is 1.03 bits per heavy atom. The minimum absolute atomic E-state index is 0.0522. The second-order valence-corrected chi connectivity index (χ2v) is 9.94. The lowest BCUT2D eigenvalue weighted by molar-refractivity contribution is -0.126. The maximum absolute atomic E-state index is 13.9. The summed E-state index contributed by atoms with van der Waals surface area (Å²) in [5.74, 6) is 3.81. The van der Waals surface area contributed by atoms with Crippen LogP contribution < -0.4 is 5.32 Å². The normalized spacial score (nSPS) is 21.2. The average Bonchev–Trinajstić information content (AvgIpc) is 2.84. The third-order valence-electron chi connectivity index (χ3n) is 5.66. The summed E-state index contributed by atoms with van der Waals surface area (Å²) >= 11 is 0. The first-order valence-corrected chi connectivity index (χ1v) is 12.0. The molecule has 1 N–H and O–H groups in total. The van der Waals surface area contributed by atoms with Gasteiger partial charge in [0.15, 0.2) is 0 Å². The third kappa shape index (κ3) is 4.84. The van der Waals surface area contributed by atoms with Crippen molar-refractivity contribution >= 4 is 21.5 Å².